The fourth-order valence-electron chi connectivity index (χ4n) is 4.46. The second-order valence-corrected chi connectivity index (χ2v) is 9.43. The van der Waals surface area contributed by atoms with E-state index in [1.807, 2.05) is 39.8 Å². The quantitative estimate of drug-likeness (QED) is 0.777. The third-order valence-corrected chi connectivity index (χ3v) is 7.63. The standard InChI is InChI=1S/C22H30N2O2S/c25-21(16-27-18-9-5-2-6-10-18)23-11-13-24(14-12-23)22(26)20-15-19(20)17-7-3-1-4-8-17/h1,3-4,7-8,18-20H,2,5-6,9-16H2. The number of amides is 2. The van der Waals surface area contributed by atoms with Crippen molar-refractivity contribution < 1.29 is 9.59 Å². The van der Waals surface area contributed by atoms with Gasteiger partial charge in [0.15, 0.2) is 0 Å². The second-order valence-electron chi connectivity index (χ2n) is 8.14. The van der Waals surface area contributed by atoms with Crippen LogP contribution in [0.25, 0.3) is 0 Å². The van der Waals surface area contributed by atoms with E-state index in [2.05, 4.69) is 12.1 Å². The molecule has 1 saturated heterocycles. The summed E-state index contributed by atoms with van der Waals surface area (Å²) in [5, 5.41) is 0.676. The van der Waals surface area contributed by atoms with Crippen LogP contribution in [0, 0.1) is 5.92 Å². The van der Waals surface area contributed by atoms with Gasteiger partial charge in [0.2, 0.25) is 11.8 Å². The number of hydrogen-bond acceptors (Lipinski definition) is 3. The molecule has 3 aliphatic rings. The van der Waals surface area contributed by atoms with E-state index in [9.17, 15) is 9.59 Å². The number of nitrogens with zero attached hydrogens (tertiary/aromatic N) is 2. The largest absolute Gasteiger partial charge is 0.339 e. The molecule has 2 aliphatic carbocycles. The smallest absolute Gasteiger partial charge is 0.232 e. The number of rotatable bonds is 5. The van der Waals surface area contributed by atoms with Crippen LogP contribution in [0.2, 0.25) is 0 Å². The molecular weight excluding hydrogens is 356 g/mol. The van der Waals surface area contributed by atoms with Gasteiger partial charge in [0.1, 0.15) is 0 Å². The Hall–Kier alpha value is -1.49. The molecule has 0 radical (unpaired) electrons. The Balaban J connectivity index is 1.20. The molecule has 146 valence electrons. The molecule has 0 aromatic heterocycles. The summed E-state index contributed by atoms with van der Waals surface area (Å²) in [5.74, 6) is 1.69. The van der Waals surface area contributed by atoms with Gasteiger partial charge in [-0.05, 0) is 30.7 Å². The first-order valence-electron chi connectivity index (χ1n) is 10.5. The van der Waals surface area contributed by atoms with Gasteiger partial charge in [0, 0.05) is 37.3 Å². The van der Waals surface area contributed by atoms with Crippen LogP contribution in [-0.4, -0.2) is 58.8 Å². The van der Waals surface area contributed by atoms with Crippen LogP contribution in [0.5, 0.6) is 0 Å². The molecule has 4 nitrogen and oxygen atoms in total. The number of hydrogen-bond donors (Lipinski definition) is 0. The highest BCUT2D eigenvalue weighted by molar-refractivity contribution is 8.00. The third kappa shape index (κ3) is 4.68. The lowest BCUT2D eigenvalue weighted by Gasteiger charge is -2.35. The summed E-state index contributed by atoms with van der Waals surface area (Å²) in [7, 11) is 0. The maximum Gasteiger partial charge on any atom is 0.232 e. The zero-order valence-electron chi connectivity index (χ0n) is 16.0. The SMILES string of the molecule is O=C(CSC1CCCCC1)N1CCN(C(=O)C2CC2c2ccccc2)CC1. The number of thioether (sulfide) groups is 1. The predicted octanol–water partition coefficient (Wildman–Crippen LogP) is 3.53. The minimum atomic E-state index is 0.150. The molecule has 2 unspecified atom stereocenters. The monoisotopic (exact) mass is 386 g/mol. The van der Waals surface area contributed by atoms with E-state index in [0.717, 1.165) is 6.42 Å². The van der Waals surface area contributed by atoms with E-state index >= 15 is 0 Å². The summed E-state index contributed by atoms with van der Waals surface area (Å²) in [6.07, 6.45) is 7.50. The van der Waals surface area contributed by atoms with Crippen LogP contribution in [-0.2, 0) is 9.59 Å². The summed E-state index contributed by atoms with van der Waals surface area (Å²) in [6, 6.07) is 10.4. The van der Waals surface area contributed by atoms with Gasteiger partial charge < -0.3 is 9.80 Å². The van der Waals surface area contributed by atoms with E-state index in [1.165, 1.54) is 37.7 Å². The first-order valence-corrected chi connectivity index (χ1v) is 11.5. The van der Waals surface area contributed by atoms with Crippen molar-refractivity contribution in [3.8, 4) is 0 Å². The van der Waals surface area contributed by atoms with Crippen LogP contribution in [0.15, 0.2) is 30.3 Å². The molecule has 2 amide bonds. The molecule has 1 aromatic rings. The van der Waals surface area contributed by atoms with Crippen molar-refractivity contribution in [2.45, 2.75) is 49.7 Å². The van der Waals surface area contributed by atoms with Gasteiger partial charge in [-0.25, -0.2) is 0 Å². The van der Waals surface area contributed by atoms with Crippen molar-refractivity contribution in [3.63, 3.8) is 0 Å². The van der Waals surface area contributed by atoms with Crippen molar-refractivity contribution in [1.82, 2.24) is 9.80 Å². The number of carbonyl (C=O) groups excluding carboxylic acids is 2. The summed E-state index contributed by atoms with van der Waals surface area (Å²) < 4.78 is 0. The Morgan fingerprint density at radius 3 is 2.30 bits per heavy atom. The van der Waals surface area contributed by atoms with Gasteiger partial charge in [-0.3, -0.25) is 9.59 Å². The second kappa shape index (κ2) is 8.68. The van der Waals surface area contributed by atoms with Crippen molar-refractivity contribution in [2.75, 3.05) is 31.9 Å². The molecule has 3 fully saturated rings. The first kappa shape index (κ1) is 18.9. The zero-order chi connectivity index (χ0) is 18.6. The molecule has 0 spiro atoms. The van der Waals surface area contributed by atoms with Crippen molar-refractivity contribution in [2.24, 2.45) is 5.92 Å². The Morgan fingerprint density at radius 2 is 1.59 bits per heavy atom. The Bertz CT molecular complexity index is 652. The Morgan fingerprint density at radius 1 is 0.926 bits per heavy atom. The molecule has 1 aliphatic heterocycles. The molecule has 0 N–H and O–H groups in total. The highest BCUT2D eigenvalue weighted by Gasteiger charge is 2.46. The fraction of sp³-hybridized carbons (Fsp3) is 0.636. The molecule has 5 heteroatoms. The molecule has 0 bridgehead atoms. The van der Waals surface area contributed by atoms with Gasteiger partial charge in [0.05, 0.1) is 5.75 Å². The normalized spacial score (nSPS) is 26.1. The summed E-state index contributed by atoms with van der Waals surface area (Å²) >= 11 is 1.85. The van der Waals surface area contributed by atoms with Crippen molar-refractivity contribution in [3.05, 3.63) is 35.9 Å². The van der Waals surface area contributed by atoms with Crippen LogP contribution in [0.4, 0.5) is 0 Å². The number of piperazine rings is 1. The zero-order valence-corrected chi connectivity index (χ0v) is 16.8. The molecular formula is C22H30N2O2S. The van der Waals surface area contributed by atoms with Crippen molar-refractivity contribution >= 4 is 23.6 Å². The van der Waals surface area contributed by atoms with E-state index in [-0.39, 0.29) is 17.7 Å². The van der Waals surface area contributed by atoms with Gasteiger partial charge in [0.25, 0.3) is 0 Å². The average Bonchev–Trinajstić information content (AvgIpc) is 3.54. The summed E-state index contributed by atoms with van der Waals surface area (Å²) in [4.78, 5) is 29.2. The maximum absolute atomic E-state index is 12.8. The molecule has 1 heterocycles. The Kier molecular flexibility index (Phi) is 6.06. The highest BCUT2D eigenvalue weighted by atomic mass is 32.2. The molecule has 4 rings (SSSR count). The van der Waals surface area contributed by atoms with Gasteiger partial charge in [-0.2, -0.15) is 0 Å². The lowest BCUT2D eigenvalue weighted by Crippen LogP contribution is -2.51. The lowest BCUT2D eigenvalue weighted by molar-refractivity contribution is -0.139. The van der Waals surface area contributed by atoms with E-state index in [4.69, 9.17) is 0 Å². The first-order chi connectivity index (χ1) is 13.2. The van der Waals surface area contributed by atoms with Gasteiger partial charge >= 0.3 is 0 Å². The van der Waals surface area contributed by atoms with Gasteiger partial charge in [-0.1, -0.05) is 49.6 Å². The van der Waals surface area contributed by atoms with Crippen LogP contribution < -0.4 is 0 Å². The highest BCUT2D eigenvalue weighted by Crippen LogP contribution is 2.48. The molecule has 27 heavy (non-hydrogen) atoms. The van der Waals surface area contributed by atoms with Crippen molar-refractivity contribution in [1.29, 1.82) is 0 Å². The molecule has 1 aromatic carbocycles. The predicted molar refractivity (Wildman–Crippen MR) is 110 cm³/mol. The van der Waals surface area contributed by atoms with Crippen LogP contribution >= 0.6 is 11.8 Å². The summed E-state index contributed by atoms with van der Waals surface area (Å²) in [5.41, 5.74) is 1.28. The fourth-order valence-corrected chi connectivity index (χ4v) is 5.69. The lowest BCUT2D eigenvalue weighted by atomic mass is 10.0. The summed E-state index contributed by atoms with van der Waals surface area (Å²) in [6.45, 7) is 2.77. The number of benzene rings is 1. The van der Waals surface area contributed by atoms with E-state index in [0.29, 0.717) is 43.1 Å². The molecule has 2 saturated carbocycles. The maximum atomic E-state index is 12.8. The molecule has 2 atom stereocenters. The van der Waals surface area contributed by atoms with Crippen LogP contribution in [0.3, 0.4) is 0 Å². The minimum Gasteiger partial charge on any atom is -0.339 e. The minimum absolute atomic E-state index is 0.150. The average molecular weight is 387 g/mol. The topological polar surface area (TPSA) is 40.6 Å². The van der Waals surface area contributed by atoms with Gasteiger partial charge in [-0.15, -0.1) is 11.8 Å². The van der Waals surface area contributed by atoms with Crippen LogP contribution in [0.1, 0.15) is 50.0 Å². The number of carbonyl (C=O) groups is 2. The third-order valence-electron chi connectivity index (χ3n) is 6.27. The van der Waals surface area contributed by atoms with E-state index < -0.39 is 0 Å². The Labute approximate surface area is 166 Å². The van der Waals surface area contributed by atoms with E-state index in [1.54, 1.807) is 0 Å².